The van der Waals surface area contributed by atoms with Gasteiger partial charge in [0.2, 0.25) is 0 Å². The molecule has 2 aromatic rings. The molecule has 136 valence electrons. The van der Waals surface area contributed by atoms with E-state index in [1.54, 1.807) is 7.11 Å². The molecule has 1 atom stereocenters. The van der Waals surface area contributed by atoms with Crippen molar-refractivity contribution in [3.63, 3.8) is 0 Å². The summed E-state index contributed by atoms with van der Waals surface area (Å²) in [5.74, 6) is 0.461. The smallest absolute Gasteiger partial charge is 0.338 e. The van der Waals surface area contributed by atoms with Crippen molar-refractivity contribution in [3.8, 4) is 5.75 Å². The van der Waals surface area contributed by atoms with E-state index < -0.39 is 0 Å². The van der Waals surface area contributed by atoms with E-state index >= 15 is 0 Å². The molecular formula is C20H22N2O3S. The predicted molar refractivity (Wildman–Crippen MR) is 106 cm³/mol. The third-order valence-electron chi connectivity index (χ3n) is 4.24. The predicted octanol–water partition coefficient (Wildman–Crippen LogP) is 3.59. The van der Waals surface area contributed by atoms with Crippen molar-refractivity contribution in [2.45, 2.75) is 32.9 Å². The second-order valence-corrected chi connectivity index (χ2v) is 6.90. The molecule has 0 bridgehead atoms. The number of carbonyl (C=O) groups is 1. The van der Waals surface area contributed by atoms with Gasteiger partial charge in [-0.1, -0.05) is 18.2 Å². The number of carbonyl (C=O) groups excluding carboxylic acids is 1. The third kappa shape index (κ3) is 3.65. The van der Waals surface area contributed by atoms with Crippen LogP contribution in [0.4, 0.5) is 0 Å². The van der Waals surface area contributed by atoms with Crippen LogP contribution in [0.2, 0.25) is 0 Å². The Balaban J connectivity index is 2.04. The van der Waals surface area contributed by atoms with E-state index in [2.05, 4.69) is 16.7 Å². The van der Waals surface area contributed by atoms with Gasteiger partial charge in [-0.05, 0) is 67.5 Å². The molecule has 0 amide bonds. The summed E-state index contributed by atoms with van der Waals surface area (Å²) in [5, 5.41) is 8.82. The Kier molecular flexibility index (Phi) is 5.13. The Labute approximate surface area is 158 Å². The first-order valence-corrected chi connectivity index (χ1v) is 8.87. The number of rotatable bonds is 4. The third-order valence-corrected chi connectivity index (χ3v) is 4.46. The van der Waals surface area contributed by atoms with Gasteiger partial charge >= 0.3 is 5.97 Å². The van der Waals surface area contributed by atoms with Gasteiger partial charge in [0, 0.05) is 5.70 Å². The lowest BCUT2D eigenvalue weighted by Gasteiger charge is -2.30. The molecule has 5 nitrogen and oxygen atoms in total. The average molecular weight is 370 g/mol. The zero-order valence-electron chi connectivity index (χ0n) is 15.3. The first kappa shape index (κ1) is 18.2. The molecule has 2 aromatic carbocycles. The fraction of sp³-hybridized carbons (Fsp3) is 0.300. The summed E-state index contributed by atoms with van der Waals surface area (Å²) in [4.78, 5) is 12.6. The highest BCUT2D eigenvalue weighted by molar-refractivity contribution is 7.80. The molecule has 0 unspecified atom stereocenters. The molecule has 26 heavy (non-hydrogen) atoms. The van der Waals surface area contributed by atoms with Crippen molar-refractivity contribution in [2.75, 3.05) is 7.11 Å². The molecule has 1 aliphatic heterocycles. The fourth-order valence-corrected chi connectivity index (χ4v) is 3.31. The van der Waals surface area contributed by atoms with Crippen LogP contribution in [0, 0.1) is 0 Å². The molecule has 0 saturated carbocycles. The van der Waals surface area contributed by atoms with Crippen LogP contribution in [0.25, 0.3) is 10.8 Å². The van der Waals surface area contributed by atoms with Crippen molar-refractivity contribution in [1.29, 1.82) is 0 Å². The summed E-state index contributed by atoms with van der Waals surface area (Å²) >= 11 is 5.29. The van der Waals surface area contributed by atoms with Crippen molar-refractivity contribution >= 4 is 34.1 Å². The Morgan fingerprint density at radius 2 is 1.85 bits per heavy atom. The molecule has 2 N–H and O–H groups in total. The van der Waals surface area contributed by atoms with Crippen LogP contribution in [-0.2, 0) is 9.53 Å². The Bertz CT molecular complexity index is 905. The zero-order chi connectivity index (χ0) is 18.8. The van der Waals surface area contributed by atoms with Crippen LogP contribution >= 0.6 is 12.2 Å². The second-order valence-electron chi connectivity index (χ2n) is 6.50. The van der Waals surface area contributed by atoms with E-state index in [-0.39, 0.29) is 18.1 Å². The lowest BCUT2D eigenvalue weighted by Crippen LogP contribution is -2.45. The zero-order valence-corrected chi connectivity index (χ0v) is 16.1. The van der Waals surface area contributed by atoms with Gasteiger partial charge < -0.3 is 20.1 Å². The monoisotopic (exact) mass is 370 g/mol. The highest BCUT2D eigenvalue weighted by Crippen LogP contribution is 2.31. The van der Waals surface area contributed by atoms with E-state index in [4.69, 9.17) is 21.7 Å². The normalized spacial score (nSPS) is 17.1. The molecule has 1 aliphatic rings. The van der Waals surface area contributed by atoms with Crippen LogP contribution in [-0.4, -0.2) is 24.3 Å². The summed E-state index contributed by atoms with van der Waals surface area (Å²) in [6, 6.07) is 11.6. The number of thiocarbonyl (C=S) groups is 1. The SMILES string of the molecule is COc1ccc2cc([C@H]3NC(=S)NC(C)=C3C(=O)OC(C)C)ccc2c1. The first-order valence-electron chi connectivity index (χ1n) is 8.46. The summed E-state index contributed by atoms with van der Waals surface area (Å²) in [6.07, 6.45) is -0.193. The summed E-state index contributed by atoms with van der Waals surface area (Å²) < 4.78 is 10.7. The Morgan fingerprint density at radius 3 is 2.54 bits per heavy atom. The molecule has 0 aliphatic carbocycles. The number of benzene rings is 2. The van der Waals surface area contributed by atoms with Crippen LogP contribution < -0.4 is 15.4 Å². The topological polar surface area (TPSA) is 59.6 Å². The summed E-state index contributed by atoms with van der Waals surface area (Å²) in [6.45, 7) is 5.50. The van der Waals surface area contributed by atoms with Crippen molar-refractivity contribution in [2.24, 2.45) is 0 Å². The maximum atomic E-state index is 12.6. The van der Waals surface area contributed by atoms with Gasteiger partial charge in [0.15, 0.2) is 5.11 Å². The number of esters is 1. The van der Waals surface area contributed by atoms with Crippen molar-refractivity contribution in [1.82, 2.24) is 10.6 Å². The minimum absolute atomic E-state index is 0.193. The number of nitrogens with one attached hydrogen (secondary N) is 2. The minimum Gasteiger partial charge on any atom is -0.497 e. The molecule has 0 saturated heterocycles. The van der Waals surface area contributed by atoms with E-state index in [0.29, 0.717) is 16.4 Å². The van der Waals surface area contributed by atoms with E-state index in [1.165, 1.54) is 0 Å². The number of allylic oxidation sites excluding steroid dienone is 1. The van der Waals surface area contributed by atoms with Gasteiger partial charge in [-0.3, -0.25) is 0 Å². The van der Waals surface area contributed by atoms with Crippen LogP contribution in [0.15, 0.2) is 47.7 Å². The second kappa shape index (κ2) is 7.33. The quantitative estimate of drug-likeness (QED) is 0.634. The van der Waals surface area contributed by atoms with E-state index in [1.807, 2.05) is 51.1 Å². The Hall–Kier alpha value is -2.60. The molecule has 0 fully saturated rings. The van der Waals surface area contributed by atoms with Crippen molar-refractivity contribution < 1.29 is 14.3 Å². The number of fused-ring (bicyclic) bond motifs is 1. The summed E-state index contributed by atoms with van der Waals surface area (Å²) in [5.41, 5.74) is 2.20. The van der Waals surface area contributed by atoms with Gasteiger partial charge in [-0.15, -0.1) is 0 Å². The number of hydrogen-bond acceptors (Lipinski definition) is 4. The molecular weight excluding hydrogens is 348 g/mol. The van der Waals surface area contributed by atoms with Gasteiger partial charge in [-0.2, -0.15) is 0 Å². The minimum atomic E-state index is -0.360. The average Bonchev–Trinajstić information content (AvgIpc) is 2.59. The van der Waals surface area contributed by atoms with Crippen LogP contribution in [0.1, 0.15) is 32.4 Å². The first-order chi connectivity index (χ1) is 12.4. The lowest BCUT2D eigenvalue weighted by molar-refractivity contribution is -0.143. The molecule has 0 aromatic heterocycles. The van der Waals surface area contributed by atoms with Gasteiger partial charge in [0.05, 0.1) is 24.8 Å². The molecule has 0 radical (unpaired) electrons. The number of ether oxygens (including phenoxy) is 2. The van der Waals surface area contributed by atoms with E-state index in [0.717, 1.165) is 22.1 Å². The fourth-order valence-electron chi connectivity index (χ4n) is 3.04. The number of hydrogen-bond donors (Lipinski definition) is 2. The molecule has 6 heteroatoms. The highest BCUT2D eigenvalue weighted by Gasteiger charge is 2.31. The maximum Gasteiger partial charge on any atom is 0.338 e. The standard InChI is InChI=1S/C20H22N2O3S/c1-11(2)25-19(23)17-12(3)21-20(26)22-18(17)15-6-5-14-10-16(24-4)8-7-13(14)9-15/h5-11,18H,1-4H3,(H2,21,22,26)/t18-/m1/s1. The van der Waals surface area contributed by atoms with Gasteiger partial charge in [-0.25, -0.2) is 4.79 Å². The number of methoxy groups -OCH3 is 1. The highest BCUT2D eigenvalue weighted by atomic mass is 32.1. The molecule has 3 rings (SSSR count). The molecule has 0 spiro atoms. The lowest BCUT2D eigenvalue weighted by atomic mass is 9.93. The van der Waals surface area contributed by atoms with E-state index in [9.17, 15) is 4.79 Å². The largest absolute Gasteiger partial charge is 0.497 e. The van der Waals surface area contributed by atoms with Crippen molar-refractivity contribution in [3.05, 3.63) is 53.2 Å². The van der Waals surface area contributed by atoms with Crippen LogP contribution in [0.5, 0.6) is 5.75 Å². The van der Waals surface area contributed by atoms with Crippen LogP contribution in [0.3, 0.4) is 0 Å². The maximum absolute atomic E-state index is 12.6. The Morgan fingerprint density at radius 1 is 1.15 bits per heavy atom. The van der Waals surface area contributed by atoms with Gasteiger partial charge in [0.25, 0.3) is 0 Å². The van der Waals surface area contributed by atoms with Gasteiger partial charge in [0.1, 0.15) is 5.75 Å². The summed E-state index contributed by atoms with van der Waals surface area (Å²) in [7, 11) is 1.65. The molecule has 1 heterocycles.